The zero-order valence-electron chi connectivity index (χ0n) is 10.7. The average Bonchev–Trinajstić information content (AvgIpc) is 3.03. The Hall–Kier alpha value is -1.71. The Kier molecular flexibility index (Phi) is 3.75. The van der Waals surface area contributed by atoms with Crippen LogP contribution in [0.4, 0.5) is 0 Å². The van der Waals surface area contributed by atoms with E-state index < -0.39 is 5.97 Å². The van der Waals surface area contributed by atoms with Crippen LogP contribution in [0.2, 0.25) is 0 Å². The highest BCUT2D eigenvalue weighted by atomic mass is 16.5. The predicted octanol–water partition coefficient (Wildman–Crippen LogP) is 2.82. The van der Waals surface area contributed by atoms with Crippen molar-refractivity contribution in [1.29, 1.82) is 0 Å². The Morgan fingerprint density at radius 2 is 1.94 bits per heavy atom. The molecule has 0 spiro atoms. The lowest BCUT2D eigenvalue weighted by atomic mass is 10.2. The van der Waals surface area contributed by atoms with Crippen LogP contribution in [0.15, 0.2) is 18.2 Å². The summed E-state index contributed by atoms with van der Waals surface area (Å²) in [6, 6.07) is 4.79. The van der Waals surface area contributed by atoms with Gasteiger partial charge in [0.25, 0.3) is 0 Å². The number of carboxylic acid groups (broad SMARTS) is 1. The summed E-state index contributed by atoms with van der Waals surface area (Å²) in [7, 11) is 0. The minimum atomic E-state index is -0.971. The zero-order chi connectivity index (χ0) is 13.1. The van der Waals surface area contributed by atoms with E-state index in [2.05, 4.69) is 6.92 Å². The highest BCUT2D eigenvalue weighted by molar-refractivity contribution is 5.88. The Balaban J connectivity index is 2.09. The molecular formula is C14H18O4. The van der Waals surface area contributed by atoms with Gasteiger partial charge in [0, 0.05) is 6.07 Å². The number of hydrogen-bond acceptors (Lipinski definition) is 3. The molecule has 1 fully saturated rings. The fourth-order valence-corrected chi connectivity index (χ4v) is 1.86. The lowest BCUT2D eigenvalue weighted by Crippen LogP contribution is -2.04. The van der Waals surface area contributed by atoms with Crippen LogP contribution in [-0.4, -0.2) is 24.3 Å². The highest BCUT2D eigenvalue weighted by Crippen LogP contribution is 2.38. The molecule has 1 N–H and O–H groups in total. The van der Waals surface area contributed by atoms with Gasteiger partial charge in [0.1, 0.15) is 11.5 Å². The summed E-state index contributed by atoms with van der Waals surface area (Å²) in [5, 5.41) is 9.02. The first-order valence-corrected chi connectivity index (χ1v) is 6.24. The summed E-state index contributed by atoms with van der Waals surface area (Å²) in [5.74, 6) is 1.46. The third kappa shape index (κ3) is 3.15. The number of hydrogen-bond donors (Lipinski definition) is 1. The van der Waals surface area contributed by atoms with Crippen LogP contribution >= 0.6 is 0 Å². The molecule has 2 atom stereocenters. The fourth-order valence-electron chi connectivity index (χ4n) is 1.86. The van der Waals surface area contributed by atoms with Crippen LogP contribution in [0.25, 0.3) is 0 Å². The summed E-state index contributed by atoms with van der Waals surface area (Å²) >= 11 is 0. The lowest BCUT2D eigenvalue weighted by molar-refractivity contribution is 0.0695. The molecule has 0 aliphatic heterocycles. The van der Waals surface area contributed by atoms with Crippen molar-refractivity contribution in [2.45, 2.75) is 20.3 Å². The monoisotopic (exact) mass is 250 g/mol. The van der Waals surface area contributed by atoms with Gasteiger partial charge in [-0.05, 0) is 37.3 Å². The summed E-state index contributed by atoms with van der Waals surface area (Å²) in [6.45, 7) is 5.20. The van der Waals surface area contributed by atoms with Crippen molar-refractivity contribution in [3.8, 4) is 11.5 Å². The van der Waals surface area contributed by atoms with Gasteiger partial charge in [-0.25, -0.2) is 4.79 Å². The molecule has 1 aliphatic carbocycles. The molecule has 4 nitrogen and oxygen atoms in total. The third-order valence-corrected chi connectivity index (χ3v) is 3.18. The summed E-state index contributed by atoms with van der Waals surface area (Å²) < 4.78 is 11.0. The second kappa shape index (κ2) is 5.29. The van der Waals surface area contributed by atoms with E-state index in [-0.39, 0.29) is 5.56 Å². The SMILES string of the molecule is CCOc1cc(OCC2CC2C)cc(C(=O)O)c1. The Morgan fingerprint density at radius 3 is 2.44 bits per heavy atom. The second-order valence-corrected chi connectivity index (χ2v) is 4.72. The highest BCUT2D eigenvalue weighted by Gasteiger charge is 2.33. The number of benzene rings is 1. The van der Waals surface area contributed by atoms with Crippen molar-refractivity contribution in [3.63, 3.8) is 0 Å². The molecule has 2 rings (SSSR count). The first-order chi connectivity index (χ1) is 8.60. The molecule has 18 heavy (non-hydrogen) atoms. The van der Waals surface area contributed by atoms with Crippen molar-refractivity contribution < 1.29 is 19.4 Å². The molecule has 2 unspecified atom stereocenters. The summed E-state index contributed by atoms with van der Waals surface area (Å²) in [4.78, 5) is 11.0. The molecule has 0 amide bonds. The van der Waals surface area contributed by atoms with E-state index in [1.807, 2.05) is 6.92 Å². The maximum atomic E-state index is 11.0. The van der Waals surface area contributed by atoms with Gasteiger partial charge in [-0.15, -0.1) is 0 Å². The van der Waals surface area contributed by atoms with Crippen LogP contribution in [0.3, 0.4) is 0 Å². The first-order valence-electron chi connectivity index (χ1n) is 6.24. The van der Waals surface area contributed by atoms with Gasteiger partial charge in [0.2, 0.25) is 0 Å². The molecule has 0 heterocycles. The number of aromatic carboxylic acids is 1. The molecule has 1 saturated carbocycles. The minimum Gasteiger partial charge on any atom is -0.494 e. The molecule has 1 aliphatic rings. The molecular weight excluding hydrogens is 232 g/mol. The smallest absolute Gasteiger partial charge is 0.335 e. The zero-order valence-corrected chi connectivity index (χ0v) is 10.7. The largest absolute Gasteiger partial charge is 0.494 e. The van der Waals surface area contributed by atoms with E-state index in [0.717, 1.165) is 5.92 Å². The first kappa shape index (κ1) is 12.7. The number of ether oxygens (including phenoxy) is 2. The van der Waals surface area contributed by atoms with Gasteiger partial charge in [-0.1, -0.05) is 6.92 Å². The second-order valence-electron chi connectivity index (χ2n) is 4.72. The molecule has 1 aromatic carbocycles. The molecule has 1 aromatic rings. The van der Waals surface area contributed by atoms with E-state index >= 15 is 0 Å². The van der Waals surface area contributed by atoms with Crippen molar-refractivity contribution in [1.82, 2.24) is 0 Å². The van der Waals surface area contributed by atoms with E-state index in [1.165, 1.54) is 18.6 Å². The quantitative estimate of drug-likeness (QED) is 0.843. The third-order valence-electron chi connectivity index (χ3n) is 3.18. The number of carbonyl (C=O) groups is 1. The predicted molar refractivity (Wildman–Crippen MR) is 67.3 cm³/mol. The maximum Gasteiger partial charge on any atom is 0.335 e. The van der Waals surface area contributed by atoms with Crippen LogP contribution < -0.4 is 9.47 Å². The van der Waals surface area contributed by atoms with Gasteiger partial charge in [0.15, 0.2) is 0 Å². The molecule has 0 radical (unpaired) electrons. The normalized spacial score (nSPS) is 21.4. The van der Waals surface area contributed by atoms with Crippen LogP contribution in [0.5, 0.6) is 11.5 Å². The van der Waals surface area contributed by atoms with E-state index in [0.29, 0.717) is 30.6 Å². The van der Waals surface area contributed by atoms with Crippen LogP contribution in [-0.2, 0) is 0 Å². The Labute approximate surface area is 107 Å². The summed E-state index contributed by atoms with van der Waals surface area (Å²) in [6.07, 6.45) is 1.19. The van der Waals surface area contributed by atoms with Gasteiger partial charge in [-0.2, -0.15) is 0 Å². The van der Waals surface area contributed by atoms with Crippen molar-refractivity contribution >= 4 is 5.97 Å². The molecule has 0 bridgehead atoms. The Bertz CT molecular complexity index is 441. The topological polar surface area (TPSA) is 55.8 Å². The van der Waals surface area contributed by atoms with Crippen molar-refractivity contribution in [2.75, 3.05) is 13.2 Å². The van der Waals surface area contributed by atoms with Crippen LogP contribution in [0.1, 0.15) is 30.6 Å². The maximum absolute atomic E-state index is 11.0. The summed E-state index contributed by atoms with van der Waals surface area (Å²) in [5.41, 5.74) is 0.194. The van der Waals surface area contributed by atoms with Gasteiger partial charge >= 0.3 is 5.97 Å². The standard InChI is InChI=1S/C14H18O4/c1-3-17-12-5-10(14(15)16)6-13(7-12)18-8-11-4-9(11)2/h5-7,9,11H,3-4,8H2,1-2H3,(H,15,16). The molecule has 0 aromatic heterocycles. The van der Waals surface area contributed by atoms with Crippen molar-refractivity contribution in [3.05, 3.63) is 23.8 Å². The van der Waals surface area contributed by atoms with Crippen LogP contribution in [0, 0.1) is 11.8 Å². The van der Waals surface area contributed by atoms with Gasteiger partial charge in [0.05, 0.1) is 18.8 Å². The van der Waals surface area contributed by atoms with E-state index in [9.17, 15) is 4.79 Å². The molecule has 4 heteroatoms. The van der Waals surface area contributed by atoms with E-state index in [4.69, 9.17) is 14.6 Å². The number of carboxylic acids is 1. The fraction of sp³-hybridized carbons (Fsp3) is 0.500. The van der Waals surface area contributed by atoms with Crippen molar-refractivity contribution in [2.24, 2.45) is 11.8 Å². The minimum absolute atomic E-state index is 0.194. The Morgan fingerprint density at radius 1 is 1.33 bits per heavy atom. The van der Waals surface area contributed by atoms with Gasteiger partial charge < -0.3 is 14.6 Å². The van der Waals surface area contributed by atoms with E-state index in [1.54, 1.807) is 6.07 Å². The number of rotatable bonds is 6. The molecule has 0 saturated heterocycles. The lowest BCUT2D eigenvalue weighted by Gasteiger charge is -2.10. The average molecular weight is 250 g/mol. The van der Waals surface area contributed by atoms with Gasteiger partial charge in [-0.3, -0.25) is 0 Å². The molecule has 98 valence electrons.